The highest BCUT2D eigenvalue weighted by Gasteiger charge is 2.15. The Bertz CT molecular complexity index is 578. The van der Waals surface area contributed by atoms with Crippen molar-refractivity contribution in [3.05, 3.63) is 41.5 Å². The van der Waals surface area contributed by atoms with Gasteiger partial charge < -0.3 is 0 Å². The molecule has 0 atom stereocenters. The number of nitrogens with zero attached hydrogens (tertiary/aromatic N) is 4. The molecule has 0 spiro atoms. The molecule has 0 aliphatic rings. The van der Waals surface area contributed by atoms with Gasteiger partial charge >= 0.3 is 0 Å². The van der Waals surface area contributed by atoms with E-state index in [9.17, 15) is 4.39 Å². The Kier molecular flexibility index (Phi) is 3.38. The lowest BCUT2D eigenvalue weighted by Crippen LogP contribution is -2.06. The second-order valence-corrected chi connectivity index (χ2v) is 4.48. The highest BCUT2D eigenvalue weighted by molar-refractivity contribution is 5.36. The van der Waals surface area contributed by atoms with Crippen LogP contribution in [0.4, 0.5) is 4.39 Å². The minimum atomic E-state index is -0.301. The van der Waals surface area contributed by atoms with Crippen LogP contribution in [-0.4, -0.2) is 15.0 Å². The van der Waals surface area contributed by atoms with Crippen molar-refractivity contribution in [2.24, 2.45) is 5.92 Å². The van der Waals surface area contributed by atoms with Crippen molar-refractivity contribution in [3.8, 4) is 11.8 Å². The minimum Gasteiger partial charge on any atom is -0.216 e. The maximum absolute atomic E-state index is 12.9. The average Bonchev–Trinajstić information content (AvgIpc) is 2.72. The summed E-state index contributed by atoms with van der Waals surface area (Å²) in [6, 6.07) is 8.00. The largest absolute Gasteiger partial charge is 0.216 e. The molecule has 0 fully saturated rings. The van der Waals surface area contributed by atoms with Crippen molar-refractivity contribution in [1.82, 2.24) is 15.0 Å². The smallest absolute Gasteiger partial charge is 0.186 e. The van der Waals surface area contributed by atoms with Crippen LogP contribution >= 0.6 is 0 Å². The standard InChI is InChI=1S/C13H13FN4/c1-9(2)7-13-12(8-15)16-17-18(13)11-5-3-10(14)4-6-11/h3-6,9H,7H2,1-2H3. The lowest BCUT2D eigenvalue weighted by molar-refractivity contribution is 0.610. The van der Waals surface area contributed by atoms with E-state index in [1.54, 1.807) is 16.8 Å². The predicted octanol–water partition coefficient (Wildman–Crippen LogP) is 2.48. The molecule has 18 heavy (non-hydrogen) atoms. The van der Waals surface area contributed by atoms with E-state index in [-0.39, 0.29) is 5.82 Å². The fourth-order valence-corrected chi connectivity index (χ4v) is 1.75. The van der Waals surface area contributed by atoms with Gasteiger partial charge in [-0.25, -0.2) is 9.07 Å². The van der Waals surface area contributed by atoms with Crippen LogP contribution in [-0.2, 0) is 6.42 Å². The summed E-state index contributed by atoms with van der Waals surface area (Å²) in [6.45, 7) is 4.12. The Morgan fingerprint density at radius 1 is 1.33 bits per heavy atom. The third-order valence-electron chi connectivity index (χ3n) is 2.54. The molecule has 2 aromatic rings. The van der Waals surface area contributed by atoms with Crippen molar-refractivity contribution in [2.45, 2.75) is 20.3 Å². The second kappa shape index (κ2) is 4.96. The van der Waals surface area contributed by atoms with Crippen LogP contribution in [0.2, 0.25) is 0 Å². The molecular formula is C13H13FN4. The fourth-order valence-electron chi connectivity index (χ4n) is 1.75. The summed E-state index contributed by atoms with van der Waals surface area (Å²) in [5.41, 5.74) is 1.80. The Labute approximate surface area is 105 Å². The summed E-state index contributed by atoms with van der Waals surface area (Å²) in [5.74, 6) is 0.0829. The Hall–Kier alpha value is -2.22. The zero-order valence-electron chi connectivity index (χ0n) is 10.3. The van der Waals surface area contributed by atoms with Gasteiger partial charge in [0.1, 0.15) is 11.9 Å². The molecule has 4 nitrogen and oxygen atoms in total. The van der Waals surface area contributed by atoms with Gasteiger partial charge in [0.2, 0.25) is 0 Å². The quantitative estimate of drug-likeness (QED) is 0.833. The second-order valence-electron chi connectivity index (χ2n) is 4.48. The molecule has 0 saturated heterocycles. The van der Waals surface area contributed by atoms with Crippen LogP contribution in [0, 0.1) is 23.1 Å². The molecule has 92 valence electrons. The first-order chi connectivity index (χ1) is 8.61. The molecule has 1 aromatic carbocycles. The third-order valence-corrected chi connectivity index (χ3v) is 2.54. The summed E-state index contributed by atoms with van der Waals surface area (Å²) in [5, 5.41) is 16.8. The first-order valence-electron chi connectivity index (χ1n) is 5.72. The number of benzene rings is 1. The minimum absolute atomic E-state index is 0.301. The van der Waals surface area contributed by atoms with Gasteiger partial charge in [0.25, 0.3) is 0 Å². The van der Waals surface area contributed by atoms with Crippen molar-refractivity contribution in [1.29, 1.82) is 5.26 Å². The zero-order chi connectivity index (χ0) is 13.1. The molecule has 0 aliphatic carbocycles. The highest BCUT2D eigenvalue weighted by atomic mass is 19.1. The summed E-state index contributed by atoms with van der Waals surface area (Å²) in [7, 11) is 0. The van der Waals surface area contributed by atoms with Crippen LogP contribution in [0.3, 0.4) is 0 Å². The molecule has 0 N–H and O–H groups in total. The Morgan fingerprint density at radius 3 is 2.56 bits per heavy atom. The molecule has 0 bridgehead atoms. The van der Waals surface area contributed by atoms with Crippen molar-refractivity contribution in [2.75, 3.05) is 0 Å². The van der Waals surface area contributed by atoms with Crippen LogP contribution in [0.5, 0.6) is 0 Å². The average molecular weight is 244 g/mol. The Morgan fingerprint density at radius 2 is 2.00 bits per heavy atom. The fraction of sp³-hybridized carbons (Fsp3) is 0.308. The number of hydrogen-bond donors (Lipinski definition) is 0. The van der Waals surface area contributed by atoms with Crippen molar-refractivity contribution >= 4 is 0 Å². The predicted molar refractivity (Wildman–Crippen MR) is 64.6 cm³/mol. The summed E-state index contributed by atoms with van der Waals surface area (Å²) in [4.78, 5) is 0. The zero-order valence-corrected chi connectivity index (χ0v) is 10.3. The summed E-state index contributed by atoms with van der Waals surface area (Å²) in [6.07, 6.45) is 0.702. The maximum atomic E-state index is 12.9. The maximum Gasteiger partial charge on any atom is 0.186 e. The van der Waals surface area contributed by atoms with Crippen molar-refractivity contribution < 1.29 is 4.39 Å². The number of aromatic nitrogens is 3. The van der Waals surface area contributed by atoms with E-state index in [1.807, 2.05) is 6.07 Å². The first kappa shape index (κ1) is 12.2. The van der Waals surface area contributed by atoms with Gasteiger partial charge in [-0.3, -0.25) is 0 Å². The van der Waals surface area contributed by atoms with Gasteiger partial charge in [0.15, 0.2) is 5.69 Å². The van der Waals surface area contributed by atoms with Gasteiger partial charge in [-0.15, -0.1) is 5.10 Å². The number of hydrogen-bond acceptors (Lipinski definition) is 3. The lowest BCUT2D eigenvalue weighted by atomic mass is 10.1. The molecule has 0 amide bonds. The molecule has 5 heteroatoms. The number of nitriles is 1. The molecule has 2 rings (SSSR count). The molecule has 0 radical (unpaired) electrons. The van der Waals surface area contributed by atoms with E-state index < -0.39 is 0 Å². The van der Waals surface area contributed by atoms with Crippen molar-refractivity contribution in [3.63, 3.8) is 0 Å². The van der Waals surface area contributed by atoms with Gasteiger partial charge in [-0.05, 0) is 36.6 Å². The molecule has 1 aromatic heterocycles. The van der Waals surface area contributed by atoms with Gasteiger partial charge in [-0.1, -0.05) is 19.1 Å². The van der Waals surface area contributed by atoms with Crippen LogP contribution in [0.25, 0.3) is 5.69 Å². The van der Waals surface area contributed by atoms with E-state index >= 15 is 0 Å². The van der Waals surface area contributed by atoms with E-state index in [2.05, 4.69) is 24.2 Å². The Balaban J connectivity index is 2.47. The SMILES string of the molecule is CC(C)Cc1c(C#N)nnn1-c1ccc(F)cc1. The monoisotopic (exact) mass is 244 g/mol. The van der Waals surface area contributed by atoms with Gasteiger partial charge in [0.05, 0.1) is 11.4 Å². The van der Waals surface area contributed by atoms with Gasteiger partial charge in [-0.2, -0.15) is 5.26 Å². The third kappa shape index (κ3) is 2.38. The molecule has 0 saturated carbocycles. The molecule has 0 unspecified atom stereocenters. The lowest BCUT2D eigenvalue weighted by Gasteiger charge is -2.08. The van der Waals surface area contributed by atoms with Crippen LogP contribution in [0.15, 0.2) is 24.3 Å². The van der Waals surface area contributed by atoms with Crippen LogP contribution in [0.1, 0.15) is 25.2 Å². The van der Waals surface area contributed by atoms with Crippen LogP contribution < -0.4 is 0 Å². The topological polar surface area (TPSA) is 54.5 Å². The summed E-state index contributed by atoms with van der Waals surface area (Å²) >= 11 is 0. The molecule has 1 heterocycles. The van der Waals surface area contributed by atoms with E-state index in [0.717, 1.165) is 5.69 Å². The van der Waals surface area contributed by atoms with E-state index in [1.165, 1.54) is 12.1 Å². The highest BCUT2D eigenvalue weighted by Crippen LogP contribution is 2.16. The molecular weight excluding hydrogens is 231 g/mol. The number of halogens is 1. The molecule has 0 aliphatic heterocycles. The normalized spacial score (nSPS) is 10.6. The van der Waals surface area contributed by atoms with E-state index in [4.69, 9.17) is 5.26 Å². The van der Waals surface area contributed by atoms with Gasteiger partial charge in [0, 0.05) is 0 Å². The summed E-state index contributed by atoms with van der Waals surface area (Å²) < 4.78 is 14.5. The number of rotatable bonds is 3. The first-order valence-corrected chi connectivity index (χ1v) is 5.72. The van der Waals surface area contributed by atoms with E-state index in [0.29, 0.717) is 23.7 Å².